The molecule has 100 valence electrons. The summed E-state index contributed by atoms with van der Waals surface area (Å²) in [6.07, 6.45) is 1.60. The molecule has 19 heavy (non-hydrogen) atoms. The molecule has 1 amide bonds. The predicted molar refractivity (Wildman–Crippen MR) is 73.1 cm³/mol. The van der Waals surface area contributed by atoms with E-state index in [2.05, 4.69) is 15.6 Å². The van der Waals surface area contributed by atoms with Gasteiger partial charge in [-0.25, -0.2) is 0 Å². The van der Waals surface area contributed by atoms with Crippen LogP contribution >= 0.6 is 0 Å². The maximum atomic E-state index is 11.5. The van der Waals surface area contributed by atoms with Gasteiger partial charge in [0.2, 0.25) is 0 Å². The molecule has 0 aliphatic heterocycles. The maximum absolute atomic E-state index is 11.5. The van der Waals surface area contributed by atoms with E-state index in [9.17, 15) is 4.79 Å². The van der Waals surface area contributed by atoms with Gasteiger partial charge >= 0.3 is 0 Å². The normalized spacial score (nSPS) is 11.9. The van der Waals surface area contributed by atoms with Crippen molar-refractivity contribution in [3.63, 3.8) is 0 Å². The molecule has 2 aromatic heterocycles. The summed E-state index contributed by atoms with van der Waals surface area (Å²) in [4.78, 5) is 15.5. The molecule has 0 radical (unpaired) electrons. The summed E-state index contributed by atoms with van der Waals surface area (Å²) in [5.41, 5.74) is 1.21. The zero-order valence-electron chi connectivity index (χ0n) is 11.2. The van der Waals surface area contributed by atoms with Gasteiger partial charge in [-0.1, -0.05) is 0 Å². The van der Waals surface area contributed by atoms with E-state index in [4.69, 9.17) is 4.42 Å². The third-order valence-electron chi connectivity index (χ3n) is 2.79. The summed E-state index contributed by atoms with van der Waals surface area (Å²) < 4.78 is 5.56. The highest BCUT2D eigenvalue weighted by Gasteiger charge is 2.11. The summed E-state index contributed by atoms with van der Waals surface area (Å²) in [7, 11) is 1.58. The Kier molecular flexibility index (Phi) is 3.85. The van der Waals surface area contributed by atoms with Crippen molar-refractivity contribution in [3.05, 3.63) is 47.7 Å². The number of nitrogens with zero attached hydrogens (tertiary/aromatic N) is 1. The highest BCUT2D eigenvalue weighted by molar-refractivity contribution is 5.92. The monoisotopic (exact) mass is 259 g/mol. The Bertz CT molecular complexity index is 578. The van der Waals surface area contributed by atoms with Gasteiger partial charge in [0, 0.05) is 18.9 Å². The van der Waals surface area contributed by atoms with E-state index in [0.717, 1.165) is 17.2 Å². The van der Waals surface area contributed by atoms with E-state index in [0.29, 0.717) is 5.69 Å². The van der Waals surface area contributed by atoms with Gasteiger partial charge in [-0.15, -0.1) is 0 Å². The van der Waals surface area contributed by atoms with Gasteiger partial charge in [-0.05, 0) is 38.1 Å². The average molecular weight is 259 g/mol. The van der Waals surface area contributed by atoms with E-state index in [1.807, 2.05) is 32.0 Å². The molecule has 0 aliphatic carbocycles. The summed E-state index contributed by atoms with van der Waals surface area (Å²) in [5.74, 6) is 1.53. The predicted octanol–water partition coefficient (Wildman–Crippen LogP) is 2.52. The van der Waals surface area contributed by atoms with Crippen molar-refractivity contribution in [2.24, 2.45) is 0 Å². The van der Waals surface area contributed by atoms with Gasteiger partial charge in [-0.3, -0.25) is 9.78 Å². The smallest absolute Gasteiger partial charge is 0.269 e. The molecule has 0 fully saturated rings. The fourth-order valence-corrected chi connectivity index (χ4v) is 1.78. The molecule has 2 aromatic rings. The van der Waals surface area contributed by atoms with E-state index in [1.165, 1.54) is 0 Å². The average Bonchev–Trinajstić information content (AvgIpc) is 2.85. The quantitative estimate of drug-likeness (QED) is 0.885. The molecule has 0 saturated carbocycles. The summed E-state index contributed by atoms with van der Waals surface area (Å²) in [6, 6.07) is 7.42. The van der Waals surface area contributed by atoms with Crippen molar-refractivity contribution in [3.8, 4) is 0 Å². The number of amides is 1. The molecule has 5 heteroatoms. The number of pyridine rings is 1. The third kappa shape index (κ3) is 3.13. The fraction of sp³-hybridized carbons (Fsp3) is 0.286. The Balaban J connectivity index is 2.12. The van der Waals surface area contributed by atoms with E-state index in [-0.39, 0.29) is 11.9 Å². The van der Waals surface area contributed by atoms with Crippen LogP contribution in [0.25, 0.3) is 0 Å². The number of nitrogens with one attached hydrogen (secondary N) is 2. The minimum Gasteiger partial charge on any atom is -0.464 e. The van der Waals surface area contributed by atoms with Crippen LogP contribution in [0.15, 0.2) is 34.9 Å². The molecular weight excluding hydrogens is 242 g/mol. The first-order valence-corrected chi connectivity index (χ1v) is 6.11. The molecule has 2 N–H and O–H groups in total. The number of furan rings is 1. The number of carbonyl (C=O) groups is 1. The first-order chi connectivity index (χ1) is 9.10. The molecule has 0 aliphatic rings. The lowest BCUT2D eigenvalue weighted by atomic mass is 10.2. The van der Waals surface area contributed by atoms with E-state index >= 15 is 0 Å². The van der Waals surface area contributed by atoms with Crippen molar-refractivity contribution in [1.82, 2.24) is 10.3 Å². The first kappa shape index (κ1) is 13.1. The molecule has 5 nitrogen and oxygen atoms in total. The van der Waals surface area contributed by atoms with Crippen molar-refractivity contribution in [1.29, 1.82) is 0 Å². The van der Waals surface area contributed by atoms with Crippen molar-refractivity contribution >= 4 is 11.6 Å². The lowest BCUT2D eigenvalue weighted by molar-refractivity contribution is 0.0958. The Labute approximate surface area is 112 Å². The summed E-state index contributed by atoms with van der Waals surface area (Å²) in [6.45, 7) is 3.91. The maximum Gasteiger partial charge on any atom is 0.269 e. The molecule has 1 unspecified atom stereocenters. The zero-order valence-corrected chi connectivity index (χ0v) is 11.2. The topological polar surface area (TPSA) is 67.2 Å². The van der Waals surface area contributed by atoms with Gasteiger partial charge < -0.3 is 15.1 Å². The summed E-state index contributed by atoms with van der Waals surface area (Å²) >= 11 is 0. The Hall–Kier alpha value is -2.30. The van der Waals surface area contributed by atoms with Gasteiger partial charge in [0.25, 0.3) is 5.91 Å². The standard InChI is InChI=1S/C14H17N3O2/c1-9-4-5-13(19-9)10(2)17-11-6-7-16-12(8-11)14(18)15-3/h4-8,10H,1-3H3,(H,15,18)(H,16,17). The van der Waals surface area contributed by atoms with Gasteiger partial charge in [-0.2, -0.15) is 0 Å². The number of carbonyl (C=O) groups excluding carboxylic acids is 1. The van der Waals surface area contributed by atoms with Crippen molar-refractivity contribution < 1.29 is 9.21 Å². The highest BCUT2D eigenvalue weighted by Crippen LogP contribution is 2.21. The molecule has 1 atom stereocenters. The van der Waals surface area contributed by atoms with Crippen LogP contribution in [0, 0.1) is 6.92 Å². The van der Waals surface area contributed by atoms with Crippen LogP contribution < -0.4 is 10.6 Å². The lowest BCUT2D eigenvalue weighted by Crippen LogP contribution is -2.19. The molecular formula is C14H17N3O2. The van der Waals surface area contributed by atoms with Crippen molar-refractivity contribution in [2.75, 3.05) is 12.4 Å². The lowest BCUT2D eigenvalue weighted by Gasteiger charge is -2.13. The molecule has 0 saturated heterocycles. The van der Waals surface area contributed by atoms with E-state index < -0.39 is 0 Å². The van der Waals surface area contributed by atoms with Crippen LogP contribution in [0.2, 0.25) is 0 Å². The second kappa shape index (κ2) is 5.56. The SMILES string of the molecule is CNC(=O)c1cc(NC(C)c2ccc(C)o2)ccn1. The zero-order chi connectivity index (χ0) is 13.8. The highest BCUT2D eigenvalue weighted by atomic mass is 16.3. The molecule has 2 rings (SSSR count). The second-order valence-corrected chi connectivity index (χ2v) is 4.32. The second-order valence-electron chi connectivity index (χ2n) is 4.32. The van der Waals surface area contributed by atoms with Crippen LogP contribution in [-0.4, -0.2) is 17.9 Å². The van der Waals surface area contributed by atoms with Crippen molar-refractivity contribution in [2.45, 2.75) is 19.9 Å². The van der Waals surface area contributed by atoms with Crippen LogP contribution in [0.1, 0.15) is 35.0 Å². The minimum atomic E-state index is -0.204. The molecule has 0 spiro atoms. The number of aromatic nitrogens is 1. The van der Waals surface area contributed by atoms with Crippen LogP contribution in [0.4, 0.5) is 5.69 Å². The van der Waals surface area contributed by atoms with Gasteiger partial charge in [0.15, 0.2) is 0 Å². The molecule has 2 heterocycles. The van der Waals surface area contributed by atoms with Gasteiger partial charge in [0.1, 0.15) is 17.2 Å². The van der Waals surface area contributed by atoms with Crippen LogP contribution in [0.5, 0.6) is 0 Å². The number of aryl methyl sites for hydroxylation is 1. The van der Waals surface area contributed by atoms with Gasteiger partial charge in [0.05, 0.1) is 6.04 Å². The first-order valence-electron chi connectivity index (χ1n) is 6.11. The number of rotatable bonds is 4. The largest absolute Gasteiger partial charge is 0.464 e. The summed E-state index contributed by atoms with van der Waals surface area (Å²) in [5, 5.41) is 5.83. The fourth-order valence-electron chi connectivity index (χ4n) is 1.78. The number of anilines is 1. The minimum absolute atomic E-state index is 0.0219. The van der Waals surface area contributed by atoms with Crippen LogP contribution in [-0.2, 0) is 0 Å². The number of hydrogen-bond donors (Lipinski definition) is 2. The van der Waals surface area contributed by atoms with E-state index in [1.54, 1.807) is 19.3 Å². The van der Waals surface area contributed by atoms with Crippen LogP contribution in [0.3, 0.4) is 0 Å². The Morgan fingerprint density at radius 3 is 2.79 bits per heavy atom. The number of hydrogen-bond acceptors (Lipinski definition) is 4. The third-order valence-corrected chi connectivity index (χ3v) is 2.79. The Morgan fingerprint density at radius 2 is 2.16 bits per heavy atom. The molecule has 0 aromatic carbocycles. The molecule has 0 bridgehead atoms. The Morgan fingerprint density at radius 1 is 1.37 bits per heavy atom.